The number of fused-ring (bicyclic) bond motifs is 3. The molecular formula is C30H29BO3. The summed E-state index contributed by atoms with van der Waals surface area (Å²) < 4.78 is 12.5. The average Bonchev–Trinajstić information content (AvgIpc) is 3.20. The van der Waals surface area contributed by atoms with E-state index in [1.165, 1.54) is 5.56 Å². The van der Waals surface area contributed by atoms with E-state index in [1.807, 2.05) is 32.0 Å². The van der Waals surface area contributed by atoms with Crippen LogP contribution in [0.1, 0.15) is 27.7 Å². The number of rotatable bonds is 6. The van der Waals surface area contributed by atoms with Crippen molar-refractivity contribution in [3.8, 4) is 22.3 Å². The summed E-state index contributed by atoms with van der Waals surface area (Å²) >= 11 is 0. The van der Waals surface area contributed by atoms with Gasteiger partial charge in [0, 0.05) is 16.3 Å². The van der Waals surface area contributed by atoms with Gasteiger partial charge >= 0.3 is 7.48 Å². The van der Waals surface area contributed by atoms with Crippen molar-refractivity contribution in [2.24, 2.45) is 0 Å². The normalized spacial score (nSPS) is 12.4. The van der Waals surface area contributed by atoms with Crippen LogP contribution in [-0.4, -0.2) is 23.8 Å². The third-order valence-electron chi connectivity index (χ3n) is 6.90. The predicted octanol–water partition coefficient (Wildman–Crippen LogP) is 6.46. The van der Waals surface area contributed by atoms with Gasteiger partial charge in [-0.2, -0.15) is 0 Å². The van der Waals surface area contributed by atoms with Gasteiger partial charge in [0.25, 0.3) is 0 Å². The zero-order valence-electron chi connectivity index (χ0n) is 20.1. The maximum Gasteiger partial charge on any atom is 0.309 e. The standard InChI is InChI=1S/C30H29BO3/c1-29(2,32)30(3,4)34-31-23-15-16-24-26-18-22(20-11-7-5-8-12-20)17-25(21-13-9-6-10-14-21)28(26)33-27(24)19-23/h5-19,31-32H,1-4H3. The average molecular weight is 448 g/mol. The van der Waals surface area contributed by atoms with Gasteiger partial charge in [-0.05, 0) is 68.0 Å². The van der Waals surface area contributed by atoms with Gasteiger partial charge in [-0.1, -0.05) is 72.8 Å². The molecule has 1 aromatic heterocycles. The molecule has 0 unspecified atom stereocenters. The number of furan rings is 1. The summed E-state index contributed by atoms with van der Waals surface area (Å²) in [5, 5.41) is 12.6. The quantitative estimate of drug-likeness (QED) is 0.303. The van der Waals surface area contributed by atoms with Crippen LogP contribution in [0.5, 0.6) is 0 Å². The summed E-state index contributed by atoms with van der Waals surface area (Å²) in [5.74, 6) is 0. The van der Waals surface area contributed by atoms with E-state index in [0.29, 0.717) is 7.48 Å². The molecule has 0 saturated carbocycles. The van der Waals surface area contributed by atoms with Gasteiger partial charge < -0.3 is 14.2 Å². The van der Waals surface area contributed by atoms with Gasteiger partial charge in [-0.3, -0.25) is 0 Å². The third-order valence-corrected chi connectivity index (χ3v) is 6.90. The van der Waals surface area contributed by atoms with Crippen LogP contribution < -0.4 is 5.46 Å². The second-order valence-electron chi connectivity index (χ2n) is 9.92. The van der Waals surface area contributed by atoms with E-state index in [9.17, 15) is 5.11 Å². The highest BCUT2D eigenvalue weighted by Gasteiger charge is 2.35. The summed E-state index contributed by atoms with van der Waals surface area (Å²) in [6, 6.07) is 31.5. The van der Waals surface area contributed by atoms with Crippen LogP contribution in [0, 0.1) is 0 Å². The summed E-state index contributed by atoms with van der Waals surface area (Å²) in [5.41, 5.74) is 5.64. The molecule has 0 saturated heterocycles. The van der Waals surface area contributed by atoms with Crippen LogP contribution in [0.4, 0.5) is 0 Å². The van der Waals surface area contributed by atoms with Crippen molar-refractivity contribution in [3.05, 3.63) is 91.0 Å². The van der Waals surface area contributed by atoms with E-state index in [-0.39, 0.29) is 0 Å². The predicted molar refractivity (Wildman–Crippen MR) is 143 cm³/mol. The van der Waals surface area contributed by atoms with Crippen molar-refractivity contribution >= 4 is 34.9 Å². The molecule has 3 nitrogen and oxygen atoms in total. The first-order valence-corrected chi connectivity index (χ1v) is 11.7. The van der Waals surface area contributed by atoms with E-state index in [1.54, 1.807) is 13.8 Å². The minimum absolute atomic E-state index is 0.394. The fourth-order valence-electron chi connectivity index (χ4n) is 4.08. The molecule has 1 heterocycles. The van der Waals surface area contributed by atoms with Crippen molar-refractivity contribution in [1.29, 1.82) is 0 Å². The smallest absolute Gasteiger partial charge is 0.309 e. The molecule has 5 rings (SSSR count). The lowest BCUT2D eigenvalue weighted by molar-refractivity contribution is -0.0893. The number of hydrogen-bond donors (Lipinski definition) is 1. The molecule has 0 bridgehead atoms. The van der Waals surface area contributed by atoms with E-state index >= 15 is 0 Å². The maximum atomic E-state index is 10.4. The summed E-state index contributed by atoms with van der Waals surface area (Å²) in [6.45, 7) is 7.35. The molecule has 0 atom stereocenters. The maximum absolute atomic E-state index is 10.4. The third kappa shape index (κ3) is 4.15. The van der Waals surface area contributed by atoms with Crippen LogP contribution in [-0.2, 0) is 4.65 Å². The Kier molecular flexibility index (Phi) is 5.59. The topological polar surface area (TPSA) is 42.6 Å². The highest BCUT2D eigenvalue weighted by Crippen LogP contribution is 2.39. The van der Waals surface area contributed by atoms with Gasteiger partial charge in [0.1, 0.15) is 11.2 Å². The fraction of sp³-hybridized carbons (Fsp3) is 0.200. The molecule has 5 aromatic rings. The summed E-state index contributed by atoms with van der Waals surface area (Å²) in [4.78, 5) is 0. The molecule has 170 valence electrons. The van der Waals surface area contributed by atoms with Gasteiger partial charge in [0.05, 0.1) is 11.2 Å². The SMILES string of the molecule is CC(C)(O)C(C)(C)OBc1ccc2c(c1)oc1c(-c3ccccc3)cc(-c3ccccc3)cc12. The van der Waals surface area contributed by atoms with Crippen molar-refractivity contribution < 1.29 is 14.2 Å². The van der Waals surface area contributed by atoms with Crippen LogP contribution in [0.3, 0.4) is 0 Å². The molecular weight excluding hydrogens is 419 g/mol. The van der Waals surface area contributed by atoms with Gasteiger partial charge in [-0.25, -0.2) is 0 Å². The number of benzene rings is 4. The first kappa shape index (κ1) is 22.5. The molecule has 0 amide bonds. The van der Waals surface area contributed by atoms with Crippen molar-refractivity contribution in [3.63, 3.8) is 0 Å². The Labute approximate surface area is 201 Å². The van der Waals surface area contributed by atoms with Crippen LogP contribution >= 0.6 is 0 Å². The lowest BCUT2D eigenvalue weighted by Crippen LogP contribution is -2.49. The first-order valence-electron chi connectivity index (χ1n) is 11.7. The minimum atomic E-state index is -0.950. The van der Waals surface area contributed by atoms with Gasteiger partial charge in [0.2, 0.25) is 0 Å². The monoisotopic (exact) mass is 448 g/mol. The summed E-state index contributed by atoms with van der Waals surface area (Å²) in [7, 11) is 0.394. The molecule has 0 aliphatic carbocycles. The summed E-state index contributed by atoms with van der Waals surface area (Å²) in [6.07, 6.45) is 0. The Hall–Kier alpha value is -3.34. The van der Waals surface area contributed by atoms with Gasteiger partial charge in [-0.15, -0.1) is 0 Å². The highest BCUT2D eigenvalue weighted by molar-refractivity contribution is 6.47. The van der Waals surface area contributed by atoms with Crippen LogP contribution in [0.25, 0.3) is 44.2 Å². The van der Waals surface area contributed by atoms with Crippen LogP contribution in [0.15, 0.2) is 95.4 Å². The zero-order chi connectivity index (χ0) is 23.9. The molecule has 0 aliphatic heterocycles. The molecule has 0 spiro atoms. The molecule has 1 N–H and O–H groups in total. The Morgan fingerprint density at radius 1 is 0.706 bits per heavy atom. The minimum Gasteiger partial charge on any atom is -0.455 e. The lowest BCUT2D eigenvalue weighted by Gasteiger charge is -2.37. The molecule has 4 aromatic carbocycles. The van der Waals surface area contributed by atoms with E-state index in [0.717, 1.165) is 44.1 Å². The fourth-order valence-corrected chi connectivity index (χ4v) is 4.08. The van der Waals surface area contributed by atoms with Crippen molar-refractivity contribution in [2.45, 2.75) is 38.9 Å². The Morgan fingerprint density at radius 3 is 2.00 bits per heavy atom. The Morgan fingerprint density at radius 2 is 1.35 bits per heavy atom. The van der Waals surface area contributed by atoms with E-state index in [4.69, 9.17) is 9.07 Å². The number of hydrogen-bond acceptors (Lipinski definition) is 3. The zero-order valence-corrected chi connectivity index (χ0v) is 20.1. The molecule has 0 fully saturated rings. The molecule has 34 heavy (non-hydrogen) atoms. The van der Waals surface area contributed by atoms with Crippen molar-refractivity contribution in [1.82, 2.24) is 0 Å². The van der Waals surface area contributed by atoms with Gasteiger partial charge in [0.15, 0.2) is 0 Å². The first-order chi connectivity index (χ1) is 16.2. The second kappa shape index (κ2) is 8.46. The Balaban J connectivity index is 1.63. The Bertz CT molecular complexity index is 1450. The lowest BCUT2D eigenvalue weighted by atomic mass is 9.82. The molecule has 0 radical (unpaired) electrons. The van der Waals surface area contributed by atoms with Crippen molar-refractivity contribution in [2.75, 3.05) is 0 Å². The molecule has 0 aliphatic rings. The van der Waals surface area contributed by atoms with Crippen LogP contribution in [0.2, 0.25) is 0 Å². The number of aliphatic hydroxyl groups is 1. The van der Waals surface area contributed by atoms with E-state index in [2.05, 4.69) is 72.8 Å². The molecule has 4 heteroatoms. The highest BCUT2D eigenvalue weighted by atomic mass is 16.5. The second-order valence-corrected chi connectivity index (χ2v) is 9.92. The largest absolute Gasteiger partial charge is 0.455 e. The van der Waals surface area contributed by atoms with E-state index < -0.39 is 11.2 Å².